The molecule has 126 valence electrons. The second kappa shape index (κ2) is 6.14. The Morgan fingerprint density at radius 3 is 2.79 bits per heavy atom. The van der Waals surface area contributed by atoms with Gasteiger partial charge in [-0.3, -0.25) is 0 Å². The SMILES string of the molecule is COc1ccc([C@H]2Nc3ccc(C)cc3[C@H]3OCCC[C@@H]23)cc1C. The van der Waals surface area contributed by atoms with Crippen LogP contribution in [0.15, 0.2) is 36.4 Å². The molecule has 1 N–H and O–H groups in total. The van der Waals surface area contributed by atoms with Gasteiger partial charge in [0, 0.05) is 23.8 Å². The van der Waals surface area contributed by atoms with E-state index in [1.165, 1.54) is 34.4 Å². The van der Waals surface area contributed by atoms with Crippen molar-refractivity contribution in [3.63, 3.8) is 0 Å². The van der Waals surface area contributed by atoms with Gasteiger partial charge < -0.3 is 14.8 Å². The van der Waals surface area contributed by atoms with Gasteiger partial charge >= 0.3 is 0 Å². The number of hydrogen-bond donors (Lipinski definition) is 1. The lowest BCUT2D eigenvalue weighted by atomic mass is 9.77. The molecule has 0 aromatic heterocycles. The molecule has 0 bridgehead atoms. The summed E-state index contributed by atoms with van der Waals surface area (Å²) in [6.07, 6.45) is 2.53. The van der Waals surface area contributed by atoms with Crippen LogP contribution in [-0.4, -0.2) is 13.7 Å². The van der Waals surface area contributed by atoms with E-state index in [-0.39, 0.29) is 12.1 Å². The Morgan fingerprint density at radius 2 is 2.00 bits per heavy atom. The number of methoxy groups -OCH3 is 1. The molecule has 24 heavy (non-hydrogen) atoms. The van der Waals surface area contributed by atoms with Crippen molar-refractivity contribution >= 4 is 5.69 Å². The lowest BCUT2D eigenvalue weighted by Gasteiger charge is -2.43. The van der Waals surface area contributed by atoms with Crippen LogP contribution in [0, 0.1) is 19.8 Å². The number of benzene rings is 2. The van der Waals surface area contributed by atoms with Crippen LogP contribution in [0.25, 0.3) is 0 Å². The predicted octanol–water partition coefficient (Wildman–Crippen LogP) is 4.95. The van der Waals surface area contributed by atoms with Crippen molar-refractivity contribution in [2.45, 2.75) is 38.8 Å². The summed E-state index contributed by atoms with van der Waals surface area (Å²) in [5.74, 6) is 1.42. The summed E-state index contributed by atoms with van der Waals surface area (Å²) < 4.78 is 11.6. The minimum atomic E-state index is 0.197. The van der Waals surface area contributed by atoms with Crippen molar-refractivity contribution in [1.82, 2.24) is 0 Å². The number of aryl methyl sites for hydroxylation is 2. The first-order chi connectivity index (χ1) is 11.7. The van der Waals surface area contributed by atoms with Crippen LogP contribution in [-0.2, 0) is 4.74 Å². The molecule has 2 aromatic rings. The molecule has 3 heteroatoms. The Kier molecular flexibility index (Phi) is 3.97. The van der Waals surface area contributed by atoms with Crippen LogP contribution in [0.3, 0.4) is 0 Å². The van der Waals surface area contributed by atoms with Crippen molar-refractivity contribution in [3.05, 3.63) is 58.7 Å². The third kappa shape index (κ3) is 2.57. The lowest BCUT2D eigenvalue weighted by molar-refractivity contribution is -0.0381. The Hall–Kier alpha value is -2.00. The summed E-state index contributed by atoms with van der Waals surface area (Å²) in [5.41, 5.74) is 6.32. The summed E-state index contributed by atoms with van der Waals surface area (Å²) in [6, 6.07) is 13.5. The molecule has 2 heterocycles. The Morgan fingerprint density at radius 1 is 1.12 bits per heavy atom. The third-order valence-electron chi connectivity index (χ3n) is 5.40. The van der Waals surface area contributed by atoms with Crippen LogP contribution in [0.5, 0.6) is 5.75 Å². The molecule has 0 spiro atoms. The molecule has 0 radical (unpaired) electrons. The van der Waals surface area contributed by atoms with Crippen LogP contribution < -0.4 is 10.1 Å². The molecule has 0 saturated carbocycles. The molecular weight excluding hydrogens is 298 g/mol. The van der Waals surface area contributed by atoms with Gasteiger partial charge in [-0.2, -0.15) is 0 Å². The fraction of sp³-hybridized carbons (Fsp3) is 0.429. The normalized spacial score (nSPS) is 25.4. The zero-order chi connectivity index (χ0) is 16.7. The number of fused-ring (bicyclic) bond motifs is 3. The molecule has 3 atom stereocenters. The van der Waals surface area contributed by atoms with E-state index in [2.05, 4.69) is 55.6 Å². The van der Waals surface area contributed by atoms with Gasteiger partial charge in [-0.25, -0.2) is 0 Å². The van der Waals surface area contributed by atoms with Gasteiger partial charge in [0.25, 0.3) is 0 Å². The van der Waals surface area contributed by atoms with Crippen molar-refractivity contribution in [2.24, 2.45) is 5.92 Å². The summed E-state index contributed by atoms with van der Waals surface area (Å²) in [4.78, 5) is 0. The topological polar surface area (TPSA) is 30.5 Å². The Labute approximate surface area is 144 Å². The summed E-state index contributed by atoms with van der Waals surface area (Å²) in [7, 11) is 1.73. The maximum Gasteiger partial charge on any atom is 0.121 e. The zero-order valence-electron chi connectivity index (χ0n) is 14.6. The van der Waals surface area contributed by atoms with E-state index in [1.807, 2.05) is 0 Å². The maximum atomic E-state index is 6.23. The molecule has 1 fully saturated rings. The van der Waals surface area contributed by atoms with E-state index in [1.54, 1.807) is 7.11 Å². The first-order valence-corrected chi connectivity index (χ1v) is 8.80. The number of anilines is 1. The number of ether oxygens (including phenoxy) is 2. The fourth-order valence-corrected chi connectivity index (χ4v) is 4.22. The van der Waals surface area contributed by atoms with Gasteiger partial charge in [0.2, 0.25) is 0 Å². The molecular formula is C21H25NO2. The van der Waals surface area contributed by atoms with Crippen LogP contribution in [0.1, 0.15) is 47.2 Å². The number of nitrogens with one attached hydrogen (secondary N) is 1. The van der Waals surface area contributed by atoms with E-state index in [4.69, 9.17) is 9.47 Å². The van der Waals surface area contributed by atoms with E-state index in [0.29, 0.717) is 5.92 Å². The molecule has 1 saturated heterocycles. The highest BCUT2D eigenvalue weighted by Crippen LogP contribution is 2.49. The molecule has 0 unspecified atom stereocenters. The van der Waals surface area contributed by atoms with Crippen LogP contribution in [0.2, 0.25) is 0 Å². The average Bonchev–Trinajstić information content (AvgIpc) is 2.61. The van der Waals surface area contributed by atoms with Crippen molar-refractivity contribution in [2.75, 3.05) is 19.0 Å². The standard InChI is InChI=1S/C21H25NO2/c1-13-6-8-18-17(11-13)21-16(5-4-10-24-21)20(22-18)15-7-9-19(23-3)14(2)12-15/h6-9,11-12,16,20-22H,4-5,10H2,1-3H3/t16-,20+,21-/m0/s1. The van der Waals surface area contributed by atoms with Gasteiger partial charge in [-0.15, -0.1) is 0 Å². The second-order valence-corrected chi connectivity index (χ2v) is 7.04. The van der Waals surface area contributed by atoms with E-state index in [9.17, 15) is 0 Å². The molecule has 2 aromatic carbocycles. The summed E-state index contributed by atoms with van der Waals surface area (Å²) in [5, 5.41) is 3.78. The fourth-order valence-electron chi connectivity index (χ4n) is 4.22. The average molecular weight is 323 g/mol. The highest BCUT2D eigenvalue weighted by Gasteiger charge is 2.39. The summed E-state index contributed by atoms with van der Waals surface area (Å²) >= 11 is 0. The zero-order valence-corrected chi connectivity index (χ0v) is 14.6. The summed E-state index contributed by atoms with van der Waals surface area (Å²) in [6.45, 7) is 5.12. The quantitative estimate of drug-likeness (QED) is 0.848. The maximum absolute atomic E-state index is 6.23. The van der Waals surface area contributed by atoms with Crippen molar-refractivity contribution < 1.29 is 9.47 Å². The first-order valence-electron chi connectivity index (χ1n) is 8.80. The Balaban J connectivity index is 1.76. The largest absolute Gasteiger partial charge is 0.496 e. The number of hydrogen-bond acceptors (Lipinski definition) is 3. The smallest absolute Gasteiger partial charge is 0.121 e. The van der Waals surface area contributed by atoms with Crippen molar-refractivity contribution in [3.8, 4) is 5.75 Å². The lowest BCUT2D eigenvalue weighted by Crippen LogP contribution is -2.36. The van der Waals surface area contributed by atoms with E-state index < -0.39 is 0 Å². The van der Waals surface area contributed by atoms with E-state index in [0.717, 1.165) is 18.8 Å². The van der Waals surface area contributed by atoms with Crippen LogP contribution >= 0.6 is 0 Å². The minimum absolute atomic E-state index is 0.197. The molecule has 0 aliphatic carbocycles. The molecule has 4 rings (SSSR count). The second-order valence-electron chi connectivity index (χ2n) is 7.04. The molecule has 2 aliphatic heterocycles. The third-order valence-corrected chi connectivity index (χ3v) is 5.40. The van der Waals surface area contributed by atoms with Gasteiger partial charge in [0.15, 0.2) is 0 Å². The highest BCUT2D eigenvalue weighted by molar-refractivity contribution is 5.58. The van der Waals surface area contributed by atoms with Gasteiger partial charge in [0.1, 0.15) is 5.75 Å². The molecule has 2 aliphatic rings. The Bertz CT molecular complexity index is 755. The van der Waals surface area contributed by atoms with Crippen LogP contribution in [0.4, 0.5) is 5.69 Å². The monoisotopic (exact) mass is 323 g/mol. The first kappa shape index (κ1) is 15.5. The molecule has 3 nitrogen and oxygen atoms in total. The van der Waals surface area contributed by atoms with Gasteiger partial charge in [0.05, 0.1) is 19.3 Å². The molecule has 0 amide bonds. The predicted molar refractivity (Wildman–Crippen MR) is 96.7 cm³/mol. The van der Waals surface area contributed by atoms with E-state index >= 15 is 0 Å². The minimum Gasteiger partial charge on any atom is -0.496 e. The van der Waals surface area contributed by atoms with Crippen molar-refractivity contribution in [1.29, 1.82) is 0 Å². The van der Waals surface area contributed by atoms with Gasteiger partial charge in [-0.05, 0) is 49.9 Å². The highest BCUT2D eigenvalue weighted by atomic mass is 16.5. The number of rotatable bonds is 2. The van der Waals surface area contributed by atoms with Gasteiger partial charge in [-0.1, -0.05) is 29.8 Å².